The number of para-hydroxylation sites is 2. The molecule has 1 aromatic heterocycles. The molecule has 0 saturated carbocycles. The molecule has 4 rings (SSSR count). The van der Waals surface area contributed by atoms with E-state index < -0.39 is 0 Å². The van der Waals surface area contributed by atoms with Crippen molar-refractivity contribution in [3.8, 4) is 0 Å². The van der Waals surface area contributed by atoms with Crippen LogP contribution in [-0.2, 0) is 11.3 Å². The number of H-pyrrole nitrogens is 1. The second-order valence-corrected chi connectivity index (χ2v) is 8.78. The lowest BCUT2D eigenvalue weighted by atomic mass is 9.96. The van der Waals surface area contributed by atoms with E-state index in [0.29, 0.717) is 32.5 Å². The van der Waals surface area contributed by atoms with Crippen LogP contribution < -0.4 is 10.6 Å². The van der Waals surface area contributed by atoms with Gasteiger partial charge in [0.25, 0.3) is 0 Å². The van der Waals surface area contributed by atoms with Crippen molar-refractivity contribution < 1.29 is 9.59 Å². The lowest BCUT2D eigenvalue weighted by molar-refractivity contribution is -0.126. The smallest absolute Gasteiger partial charge is 0.317 e. The van der Waals surface area contributed by atoms with Crippen LogP contribution >= 0.6 is 0 Å². The van der Waals surface area contributed by atoms with Crippen molar-refractivity contribution in [3.05, 3.63) is 66.0 Å². The first-order valence-corrected chi connectivity index (χ1v) is 11.3. The lowest BCUT2D eigenvalue weighted by Crippen LogP contribution is -2.48. The van der Waals surface area contributed by atoms with Crippen LogP contribution in [0.25, 0.3) is 11.0 Å². The van der Waals surface area contributed by atoms with Crippen LogP contribution in [0.1, 0.15) is 44.1 Å². The summed E-state index contributed by atoms with van der Waals surface area (Å²) in [6, 6.07) is 17.5. The number of hydrogen-bond donors (Lipinski definition) is 3. The van der Waals surface area contributed by atoms with E-state index in [9.17, 15) is 9.59 Å². The first-order chi connectivity index (χ1) is 15.5. The van der Waals surface area contributed by atoms with Crippen LogP contribution in [0.3, 0.4) is 0 Å². The molecule has 3 amide bonds. The first kappa shape index (κ1) is 21.9. The molecule has 3 N–H and O–H groups in total. The maximum absolute atomic E-state index is 13.0. The highest BCUT2D eigenvalue weighted by Crippen LogP contribution is 2.24. The molecule has 7 nitrogen and oxygen atoms in total. The Morgan fingerprint density at radius 1 is 1.06 bits per heavy atom. The molecule has 1 aliphatic rings. The Hall–Kier alpha value is -3.35. The number of carbonyl (C=O) groups is 2. The van der Waals surface area contributed by atoms with Crippen LogP contribution in [0.4, 0.5) is 4.79 Å². The molecule has 168 valence electrons. The molecule has 0 bridgehead atoms. The number of aromatic nitrogens is 2. The highest BCUT2D eigenvalue weighted by molar-refractivity contribution is 5.80. The van der Waals surface area contributed by atoms with Gasteiger partial charge in [-0.25, -0.2) is 9.78 Å². The van der Waals surface area contributed by atoms with Crippen LogP contribution in [0.2, 0.25) is 0 Å². The van der Waals surface area contributed by atoms with Crippen molar-refractivity contribution in [2.45, 2.75) is 39.3 Å². The molecule has 2 aromatic carbocycles. The van der Waals surface area contributed by atoms with Gasteiger partial charge in [0.05, 0.1) is 17.1 Å². The van der Waals surface area contributed by atoms with Crippen LogP contribution in [0.15, 0.2) is 54.6 Å². The predicted octanol–water partition coefficient (Wildman–Crippen LogP) is 4.00. The summed E-state index contributed by atoms with van der Waals surface area (Å²) in [4.78, 5) is 35.3. The fraction of sp³-hybridized carbons (Fsp3) is 0.400. The fourth-order valence-electron chi connectivity index (χ4n) is 4.17. The number of urea groups is 1. The molecule has 1 atom stereocenters. The zero-order valence-corrected chi connectivity index (χ0v) is 18.7. The second kappa shape index (κ2) is 9.85. The summed E-state index contributed by atoms with van der Waals surface area (Å²) in [7, 11) is 0. The minimum Gasteiger partial charge on any atom is -0.352 e. The summed E-state index contributed by atoms with van der Waals surface area (Å²) in [6.07, 6.45) is 1.34. The van der Waals surface area contributed by atoms with Gasteiger partial charge < -0.3 is 20.5 Å². The van der Waals surface area contributed by atoms with Crippen molar-refractivity contribution >= 4 is 23.0 Å². The summed E-state index contributed by atoms with van der Waals surface area (Å²) >= 11 is 0. The SMILES string of the molecule is CC(C)C(NC(=O)N1CCC(C(=O)NCc2ccccc2)CC1)c1nc2ccccc2[nH]1. The number of aromatic amines is 1. The Morgan fingerprint density at radius 2 is 1.75 bits per heavy atom. The number of amides is 3. The minimum absolute atomic E-state index is 0.0565. The van der Waals surface area contributed by atoms with Gasteiger partial charge in [-0.15, -0.1) is 0 Å². The van der Waals surface area contributed by atoms with Crippen molar-refractivity contribution in [2.24, 2.45) is 11.8 Å². The van der Waals surface area contributed by atoms with Gasteiger partial charge in [0.1, 0.15) is 5.82 Å². The van der Waals surface area contributed by atoms with Crippen molar-refractivity contribution in [1.82, 2.24) is 25.5 Å². The van der Waals surface area contributed by atoms with Gasteiger partial charge in [-0.05, 0) is 36.5 Å². The van der Waals surface area contributed by atoms with E-state index >= 15 is 0 Å². The Labute approximate surface area is 188 Å². The lowest BCUT2D eigenvalue weighted by Gasteiger charge is -2.33. The van der Waals surface area contributed by atoms with Gasteiger partial charge in [-0.1, -0.05) is 56.3 Å². The number of imidazole rings is 1. The number of carbonyl (C=O) groups excluding carboxylic acids is 2. The molecule has 0 radical (unpaired) electrons. The molecule has 1 saturated heterocycles. The average molecular weight is 434 g/mol. The number of fused-ring (bicyclic) bond motifs is 1. The molecular formula is C25H31N5O2. The number of benzene rings is 2. The van der Waals surface area contributed by atoms with E-state index in [2.05, 4.69) is 34.4 Å². The number of hydrogen-bond acceptors (Lipinski definition) is 3. The second-order valence-electron chi connectivity index (χ2n) is 8.78. The van der Waals surface area contributed by atoms with E-state index in [1.165, 1.54) is 0 Å². The molecule has 1 unspecified atom stereocenters. The Morgan fingerprint density at radius 3 is 2.44 bits per heavy atom. The molecule has 1 fully saturated rings. The first-order valence-electron chi connectivity index (χ1n) is 11.3. The zero-order chi connectivity index (χ0) is 22.5. The van der Waals surface area contributed by atoms with Crippen LogP contribution in [-0.4, -0.2) is 39.9 Å². The third kappa shape index (κ3) is 5.10. The summed E-state index contributed by atoms with van der Waals surface area (Å²) < 4.78 is 0. The zero-order valence-electron chi connectivity index (χ0n) is 18.7. The highest BCUT2D eigenvalue weighted by atomic mass is 16.2. The molecule has 2 heterocycles. The third-order valence-electron chi connectivity index (χ3n) is 6.11. The normalized spacial score (nSPS) is 15.7. The standard InChI is InChI=1S/C25H31N5O2/c1-17(2)22(23-27-20-10-6-7-11-21(20)28-23)29-25(32)30-14-12-19(13-15-30)24(31)26-16-18-8-4-3-5-9-18/h3-11,17,19,22H,12-16H2,1-2H3,(H,26,31)(H,27,28)(H,29,32). The maximum Gasteiger partial charge on any atom is 0.317 e. The minimum atomic E-state index is -0.207. The molecule has 3 aromatic rings. The highest BCUT2D eigenvalue weighted by Gasteiger charge is 2.29. The van der Waals surface area contributed by atoms with Gasteiger partial charge >= 0.3 is 6.03 Å². The average Bonchev–Trinajstić information content (AvgIpc) is 3.25. The van der Waals surface area contributed by atoms with Gasteiger partial charge in [0.2, 0.25) is 5.91 Å². The monoisotopic (exact) mass is 433 g/mol. The number of nitrogens with one attached hydrogen (secondary N) is 3. The summed E-state index contributed by atoms with van der Waals surface area (Å²) in [5, 5.41) is 6.17. The summed E-state index contributed by atoms with van der Waals surface area (Å²) in [5.41, 5.74) is 2.94. The Balaban J connectivity index is 1.30. The summed E-state index contributed by atoms with van der Waals surface area (Å²) in [6.45, 7) is 5.82. The van der Waals surface area contributed by atoms with E-state index in [0.717, 1.165) is 22.4 Å². The van der Waals surface area contributed by atoms with Crippen molar-refractivity contribution in [3.63, 3.8) is 0 Å². The van der Waals surface area contributed by atoms with E-state index in [-0.39, 0.29) is 29.8 Å². The van der Waals surface area contributed by atoms with Crippen LogP contribution in [0.5, 0.6) is 0 Å². The maximum atomic E-state index is 13.0. The van der Waals surface area contributed by atoms with Gasteiger partial charge in [0, 0.05) is 25.6 Å². The van der Waals surface area contributed by atoms with Gasteiger partial charge in [0.15, 0.2) is 0 Å². The molecule has 0 spiro atoms. The van der Waals surface area contributed by atoms with E-state index in [1.807, 2.05) is 54.6 Å². The quantitative estimate of drug-likeness (QED) is 0.549. The fourth-order valence-corrected chi connectivity index (χ4v) is 4.17. The number of nitrogens with zero attached hydrogens (tertiary/aromatic N) is 2. The Kier molecular flexibility index (Phi) is 6.73. The molecule has 0 aliphatic carbocycles. The summed E-state index contributed by atoms with van der Waals surface area (Å²) in [5.74, 6) is 0.959. The van der Waals surface area contributed by atoms with E-state index in [4.69, 9.17) is 0 Å². The van der Waals surface area contributed by atoms with Crippen molar-refractivity contribution in [1.29, 1.82) is 0 Å². The van der Waals surface area contributed by atoms with Crippen LogP contribution in [0, 0.1) is 11.8 Å². The number of likely N-dealkylation sites (tertiary alicyclic amines) is 1. The third-order valence-corrected chi connectivity index (χ3v) is 6.11. The molecule has 7 heteroatoms. The molecular weight excluding hydrogens is 402 g/mol. The number of rotatable bonds is 6. The van der Waals surface area contributed by atoms with Gasteiger partial charge in [-0.3, -0.25) is 4.79 Å². The predicted molar refractivity (Wildman–Crippen MR) is 125 cm³/mol. The largest absolute Gasteiger partial charge is 0.352 e. The topological polar surface area (TPSA) is 90.1 Å². The van der Waals surface area contributed by atoms with Crippen molar-refractivity contribution in [2.75, 3.05) is 13.1 Å². The Bertz CT molecular complexity index is 1020. The van der Waals surface area contributed by atoms with E-state index in [1.54, 1.807) is 4.90 Å². The van der Waals surface area contributed by atoms with Gasteiger partial charge in [-0.2, -0.15) is 0 Å². The molecule has 1 aliphatic heterocycles. The number of piperidine rings is 1. The molecule has 32 heavy (non-hydrogen) atoms.